The fourth-order valence-corrected chi connectivity index (χ4v) is 5.61. The molecule has 0 radical (unpaired) electrons. The van der Waals surface area contributed by atoms with E-state index in [0.717, 1.165) is 24.9 Å². The maximum absolute atomic E-state index is 13.0. The molecule has 4 rings (SSSR count). The van der Waals surface area contributed by atoms with Gasteiger partial charge in [-0.2, -0.15) is 5.26 Å². The Morgan fingerprint density at radius 2 is 2.00 bits per heavy atom. The van der Waals surface area contributed by atoms with Gasteiger partial charge in [0, 0.05) is 17.5 Å². The molecule has 0 spiro atoms. The Morgan fingerprint density at radius 3 is 2.59 bits per heavy atom. The van der Waals surface area contributed by atoms with Gasteiger partial charge in [-0.1, -0.05) is 31.5 Å². The second-order valence-corrected chi connectivity index (χ2v) is 7.92. The van der Waals surface area contributed by atoms with E-state index in [4.69, 9.17) is 0 Å². The molecule has 0 unspecified atom stereocenters. The number of carbonyl (C=O) groups is 1. The molecule has 1 saturated heterocycles. The van der Waals surface area contributed by atoms with Crippen LogP contribution in [-0.2, 0) is 0 Å². The number of piperidine rings is 1. The zero-order chi connectivity index (χ0) is 15.8. The Balaban J connectivity index is 1.78. The third-order valence-electron chi connectivity index (χ3n) is 7.28. The van der Waals surface area contributed by atoms with Crippen molar-refractivity contribution in [3.63, 3.8) is 0 Å². The molecule has 0 N–H and O–H groups in total. The number of rotatable bonds is 1. The van der Waals surface area contributed by atoms with Crippen molar-refractivity contribution in [3.05, 3.63) is 35.4 Å². The van der Waals surface area contributed by atoms with Crippen molar-refractivity contribution in [3.8, 4) is 6.07 Å². The first kappa shape index (κ1) is 13.8. The fourth-order valence-electron chi connectivity index (χ4n) is 5.61. The van der Waals surface area contributed by atoms with E-state index in [9.17, 15) is 10.1 Å². The van der Waals surface area contributed by atoms with Gasteiger partial charge in [0.1, 0.15) is 5.54 Å². The lowest BCUT2D eigenvalue weighted by Crippen LogP contribution is -2.54. The molecular formula is C19H22N2O. The van der Waals surface area contributed by atoms with Crippen molar-refractivity contribution in [2.45, 2.75) is 45.6 Å². The number of hydrogen-bond acceptors (Lipinski definition) is 2. The number of amides is 1. The Hall–Kier alpha value is -1.82. The van der Waals surface area contributed by atoms with Gasteiger partial charge in [0.15, 0.2) is 0 Å². The summed E-state index contributed by atoms with van der Waals surface area (Å²) < 4.78 is 0. The van der Waals surface area contributed by atoms with Crippen LogP contribution in [-0.4, -0.2) is 22.9 Å². The van der Waals surface area contributed by atoms with Crippen LogP contribution in [0.1, 0.15) is 49.0 Å². The number of hydrogen-bond donors (Lipinski definition) is 0. The van der Waals surface area contributed by atoms with Gasteiger partial charge < -0.3 is 4.90 Å². The number of aryl methyl sites for hydroxylation is 1. The van der Waals surface area contributed by atoms with E-state index >= 15 is 0 Å². The first-order valence-corrected chi connectivity index (χ1v) is 8.18. The molecule has 2 aliphatic carbocycles. The third-order valence-corrected chi connectivity index (χ3v) is 7.28. The Morgan fingerprint density at radius 1 is 1.32 bits per heavy atom. The van der Waals surface area contributed by atoms with Gasteiger partial charge >= 0.3 is 0 Å². The van der Waals surface area contributed by atoms with E-state index in [1.54, 1.807) is 0 Å². The Labute approximate surface area is 131 Å². The highest BCUT2D eigenvalue weighted by Crippen LogP contribution is 2.75. The van der Waals surface area contributed by atoms with Gasteiger partial charge in [-0.05, 0) is 49.7 Å². The normalized spacial score (nSPS) is 41.7. The SMILES string of the molecule is Cc1ccc(C(=O)N2C[C@]3(C)[C@H]4CC[C@]3(C)[C@@]2(C#N)C4)cc1. The molecule has 2 saturated carbocycles. The molecule has 1 aromatic rings. The summed E-state index contributed by atoms with van der Waals surface area (Å²) in [6, 6.07) is 10.3. The van der Waals surface area contributed by atoms with Crippen LogP contribution in [0, 0.1) is 35.0 Å². The van der Waals surface area contributed by atoms with Crippen LogP contribution in [0.3, 0.4) is 0 Å². The number of benzene rings is 1. The van der Waals surface area contributed by atoms with E-state index in [1.165, 1.54) is 6.42 Å². The van der Waals surface area contributed by atoms with Crippen LogP contribution in [0.15, 0.2) is 24.3 Å². The molecule has 3 fully saturated rings. The van der Waals surface area contributed by atoms with Crippen LogP contribution in [0.2, 0.25) is 0 Å². The van der Waals surface area contributed by atoms with Crippen LogP contribution in [0.5, 0.6) is 0 Å². The van der Waals surface area contributed by atoms with Crippen LogP contribution < -0.4 is 0 Å². The zero-order valence-corrected chi connectivity index (χ0v) is 13.5. The van der Waals surface area contributed by atoms with Gasteiger partial charge in [-0.3, -0.25) is 4.79 Å². The summed E-state index contributed by atoms with van der Waals surface area (Å²) in [4.78, 5) is 14.9. The summed E-state index contributed by atoms with van der Waals surface area (Å²) in [5.41, 5.74) is 1.29. The van der Waals surface area contributed by atoms with Gasteiger partial charge in [0.25, 0.3) is 5.91 Å². The van der Waals surface area contributed by atoms with Crippen molar-refractivity contribution in [1.29, 1.82) is 5.26 Å². The average Bonchev–Trinajstić information content (AvgIpc) is 2.96. The molecule has 1 heterocycles. The predicted molar refractivity (Wildman–Crippen MR) is 84.1 cm³/mol. The van der Waals surface area contributed by atoms with E-state index in [1.807, 2.05) is 36.1 Å². The van der Waals surface area contributed by atoms with E-state index in [0.29, 0.717) is 11.5 Å². The molecule has 1 aromatic carbocycles. The molecule has 0 aromatic heterocycles. The monoisotopic (exact) mass is 294 g/mol. The maximum Gasteiger partial charge on any atom is 0.255 e. The third kappa shape index (κ3) is 1.26. The van der Waals surface area contributed by atoms with Crippen molar-refractivity contribution in [1.82, 2.24) is 4.90 Å². The largest absolute Gasteiger partial charge is 0.319 e. The lowest BCUT2D eigenvalue weighted by molar-refractivity contribution is 0.0430. The second-order valence-electron chi connectivity index (χ2n) is 7.92. The van der Waals surface area contributed by atoms with Crippen molar-refractivity contribution >= 4 is 5.91 Å². The first-order chi connectivity index (χ1) is 10.4. The molecule has 4 atom stereocenters. The number of nitriles is 1. The highest BCUT2D eigenvalue weighted by atomic mass is 16.2. The Bertz CT molecular complexity index is 703. The standard InChI is InChI=1S/C19H22N2O/c1-13-4-6-14(7-5-13)16(22)21-12-17(2)15-8-9-18(17,3)19(21,10-15)11-20/h4-7,15H,8-10,12H2,1-3H3/t15-,17+,18-,19-/m0/s1. The summed E-state index contributed by atoms with van der Waals surface area (Å²) in [6.07, 6.45) is 3.14. The van der Waals surface area contributed by atoms with E-state index in [-0.39, 0.29) is 16.7 Å². The Kier molecular flexibility index (Phi) is 2.47. The molecule has 4 bridgehead atoms. The number of carbonyl (C=O) groups excluding carboxylic acids is 1. The van der Waals surface area contributed by atoms with Crippen molar-refractivity contribution < 1.29 is 4.79 Å². The topological polar surface area (TPSA) is 44.1 Å². The molecule has 1 amide bonds. The molecule has 3 heteroatoms. The smallest absolute Gasteiger partial charge is 0.255 e. The minimum absolute atomic E-state index is 0.0249. The number of nitrogens with zero attached hydrogens (tertiary/aromatic N) is 2. The molecule has 3 nitrogen and oxygen atoms in total. The van der Waals surface area contributed by atoms with Gasteiger partial charge in [0.05, 0.1) is 6.07 Å². The quantitative estimate of drug-likeness (QED) is 0.795. The predicted octanol–water partition coefficient (Wildman–Crippen LogP) is 3.54. The summed E-state index contributed by atoms with van der Waals surface area (Å²) in [5, 5.41) is 10.0. The summed E-state index contributed by atoms with van der Waals surface area (Å²) in [7, 11) is 0. The van der Waals surface area contributed by atoms with E-state index < -0.39 is 5.54 Å². The average molecular weight is 294 g/mol. The van der Waals surface area contributed by atoms with Gasteiger partial charge in [-0.25, -0.2) is 0 Å². The van der Waals surface area contributed by atoms with Crippen LogP contribution in [0.4, 0.5) is 0 Å². The highest BCUT2D eigenvalue weighted by molar-refractivity contribution is 5.95. The molecule has 3 aliphatic rings. The molecular weight excluding hydrogens is 272 g/mol. The summed E-state index contributed by atoms with van der Waals surface area (Å²) >= 11 is 0. The van der Waals surface area contributed by atoms with Crippen LogP contribution in [0.25, 0.3) is 0 Å². The van der Waals surface area contributed by atoms with Crippen molar-refractivity contribution in [2.75, 3.05) is 6.54 Å². The first-order valence-electron chi connectivity index (χ1n) is 8.18. The maximum atomic E-state index is 13.0. The fraction of sp³-hybridized carbons (Fsp3) is 0.579. The summed E-state index contributed by atoms with van der Waals surface area (Å²) in [5.74, 6) is 0.621. The molecule has 22 heavy (non-hydrogen) atoms. The van der Waals surface area contributed by atoms with Gasteiger partial charge in [0.2, 0.25) is 0 Å². The molecule has 1 aliphatic heterocycles. The van der Waals surface area contributed by atoms with Crippen LogP contribution >= 0.6 is 0 Å². The minimum atomic E-state index is -0.605. The van der Waals surface area contributed by atoms with Crippen molar-refractivity contribution in [2.24, 2.45) is 16.7 Å². The summed E-state index contributed by atoms with van der Waals surface area (Å²) in [6.45, 7) is 7.29. The number of likely N-dealkylation sites (tertiary alicyclic amines) is 1. The second kappa shape index (κ2) is 3.93. The zero-order valence-electron chi connectivity index (χ0n) is 13.5. The highest BCUT2D eigenvalue weighted by Gasteiger charge is 2.78. The molecule has 114 valence electrons. The van der Waals surface area contributed by atoms with E-state index in [2.05, 4.69) is 19.9 Å². The minimum Gasteiger partial charge on any atom is -0.319 e. The van der Waals surface area contributed by atoms with Gasteiger partial charge in [-0.15, -0.1) is 0 Å². The lowest BCUT2D eigenvalue weighted by Gasteiger charge is -2.43. The lowest BCUT2D eigenvalue weighted by atomic mass is 9.66.